The third-order valence-corrected chi connectivity index (χ3v) is 3.34. The summed E-state index contributed by atoms with van der Waals surface area (Å²) in [6.45, 7) is 0.112. The van der Waals surface area contributed by atoms with E-state index in [1.54, 1.807) is 18.2 Å². The molecule has 0 aliphatic heterocycles. The second kappa shape index (κ2) is 6.60. The zero-order chi connectivity index (χ0) is 15.4. The summed E-state index contributed by atoms with van der Waals surface area (Å²) in [5, 5.41) is 17.6. The summed E-state index contributed by atoms with van der Waals surface area (Å²) in [6.07, 6.45) is 0. The smallest absolute Gasteiger partial charge is 0.254 e. The Kier molecular flexibility index (Phi) is 4.37. The molecule has 0 spiro atoms. The van der Waals surface area contributed by atoms with Gasteiger partial charge in [0.25, 0.3) is 5.89 Å². The average molecular weight is 317 g/mol. The fraction of sp³-hybridized carbons (Fsp3) is 0.125. The van der Waals surface area contributed by atoms with Crippen LogP contribution in [0.1, 0.15) is 11.5 Å². The first-order valence-electron chi connectivity index (χ1n) is 6.66. The highest BCUT2D eigenvalue weighted by Crippen LogP contribution is 2.26. The van der Waals surface area contributed by atoms with Crippen molar-refractivity contribution in [2.75, 3.05) is 0 Å². The van der Waals surface area contributed by atoms with Crippen molar-refractivity contribution in [1.82, 2.24) is 10.2 Å². The van der Waals surface area contributed by atoms with Crippen LogP contribution in [0.5, 0.6) is 5.75 Å². The summed E-state index contributed by atoms with van der Waals surface area (Å²) < 4.78 is 11.1. The summed E-state index contributed by atoms with van der Waals surface area (Å²) in [5.41, 5.74) is 1.46. The maximum atomic E-state index is 9.09. The van der Waals surface area contributed by atoms with E-state index in [4.69, 9.17) is 25.9 Å². The van der Waals surface area contributed by atoms with E-state index in [0.717, 1.165) is 5.56 Å². The Bertz CT molecular complexity index is 773. The van der Waals surface area contributed by atoms with Gasteiger partial charge in [0.05, 0.1) is 17.2 Å². The van der Waals surface area contributed by atoms with Gasteiger partial charge in [-0.2, -0.15) is 0 Å². The lowest BCUT2D eigenvalue weighted by atomic mass is 10.2. The van der Waals surface area contributed by atoms with Crippen LogP contribution in [-0.2, 0) is 13.2 Å². The van der Waals surface area contributed by atoms with Crippen LogP contribution in [-0.4, -0.2) is 15.3 Å². The van der Waals surface area contributed by atoms with E-state index in [0.29, 0.717) is 28.1 Å². The highest BCUT2D eigenvalue weighted by atomic mass is 35.5. The molecule has 0 atom stereocenters. The fourth-order valence-electron chi connectivity index (χ4n) is 1.93. The van der Waals surface area contributed by atoms with Gasteiger partial charge in [0.1, 0.15) is 5.75 Å². The Labute approximate surface area is 132 Å². The maximum Gasteiger partial charge on any atom is 0.254 e. The first-order chi connectivity index (χ1) is 10.8. The van der Waals surface area contributed by atoms with E-state index in [-0.39, 0.29) is 13.2 Å². The minimum Gasteiger partial charge on any atom is -0.484 e. The number of ether oxygens (including phenoxy) is 1. The van der Waals surface area contributed by atoms with Crippen molar-refractivity contribution in [2.24, 2.45) is 0 Å². The van der Waals surface area contributed by atoms with Gasteiger partial charge in [-0.1, -0.05) is 35.9 Å². The molecule has 1 aromatic heterocycles. The first kappa shape index (κ1) is 14.6. The van der Waals surface area contributed by atoms with Gasteiger partial charge in [0.2, 0.25) is 5.89 Å². The highest BCUT2D eigenvalue weighted by molar-refractivity contribution is 6.33. The molecule has 0 fully saturated rings. The maximum absolute atomic E-state index is 9.09. The van der Waals surface area contributed by atoms with Crippen molar-refractivity contribution >= 4 is 11.6 Å². The number of halogens is 1. The standard InChI is InChI=1S/C16H13ClN2O3/c17-14-7-2-1-6-13(14)16-19-18-15(22-16)10-21-12-5-3-4-11(8-12)9-20/h1-8,20H,9-10H2. The van der Waals surface area contributed by atoms with Crippen LogP contribution >= 0.6 is 11.6 Å². The fourth-order valence-corrected chi connectivity index (χ4v) is 2.15. The molecule has 0 radical (unpaired) electrons. The van der Waals surface area contributed by atoms with E-state index < -0.39 is 0 Å². The van der Waals surface area contributed by atoms with Crippen LogP contribution in [0.25, 0.3) is 11.5 Å². The van der Waals surface area contributed by atoms with Gasteiger partial charge in [0, 0.05) is 0 Å². The van der Waals surface area contributed by atoms with Crippen molar-refractivity contribution in [1.29, 1.82) is 0 Å². The van der Waals surface area contributed by atoms with Crippen molar-refractivity contribution in [2.45, 2.75) is 13.2 Å². The predicted octanol–water partition coefficient (Wildman–Crippen LogP) is 3.46. The molecule has 0 saturated carbocycles. The molecule has 6 heteroatoms. The molecule has 0 saturated heterocycles. The van der Waals surface area contributed by atoms with Gasteiger partial charge in [0.15, 0.2) is 6.61 Å². The summed E-state index contributed by atoms with van der Waals surface area (Å²) in [5.74, 6) is 1.33. The molecule has 22 heavy (non-hydrogen) atoms. The van der Waals surface area contributed by atoms with Crippen molar-refractivity contribution in [3.63, 3.8) is 0 Å². The topological polar surface area (TPSA) is 68.4 Å². The Morgan fingerprint density at radius 1 is 1.09 bits per heavy atom. The van der Waals surface area contributed by atoms with Gasteiger partial charge < -0.3 is 14.3 Å². The number of aromatic nitrogens is 2. The monoisotopic (exact) mass is 316 g/mol. The van der Waals surface area contributed by atoms with Crippen molar-refractivity contribution in [3.8, 4) is 17.2 Å². The molecule has 2 aromatic carbocycles. The quantitative estimate of drug-likeness (QED) is 0.780. The van der Waals surface area contributed by atoms with E-state index in [1.807, 2.05) is 30.3 Å². The number of benzene rings is 2. The van der Waals surface area contributed by atoms with Crippen molar-refractivity contribution in [3.05, 3.63) is 65.0 Å². The highest BCUT2D eigenvalue weighted by Gasteiger charge is 2.11. The SMILES string of the molecule is OCc1cccc(OCc2nnc(-c3ccccc3Cl)o2)c1. The van der Waals surface area contributed by atoms with E-state index in [1.165, 1.54) is 0 Å². The third kappa shape index (κ3) is 3.27. The summed E-state index contributed by atoms with van der Waals surface area (Å²) >= 11 is 6.09. The minimum atomic E-state index is -0.0333. The molecule has 1 heterocycles. The molecule has 1 N–H and O–H groups in total. The third-order valence-electron chi connectivity index (χ3n) is 3.01. The number of aliphatic hydroxyl groups excluding tert-OH is 1. The lowest BCUT2D eigenvalue weighted by Crippen LogP contribution is -1.96. The number of hydrogen-bond acceptors (Lipinski definition) is 5. The van der Waals surface area contributed by atoms with Crippen LogP contribution < -0.4 is 4.74 Å². The molecule has 3 rings (SSSR count). The van der Waals surface area contributed by atoms with E-state index >= 15 is 0 Å². The summed E-state index contributed by atoms with van der Waals surface area (Å²) in [6, 6.07) is 14.4. The van der Waals surface area contributed by atoms with Crippen LogP contribution in [0.15, 0.2) is 52.9 Å². The summed E-state index contributed by atoms with van der Waals surface area (Å²) in [7, 11) is 0. The van der Waals surface area contributed by atoms with Crippen molar-refractivity contribution < 1.29 is 14.3 Å². The molecule has 3 aromatic rings. The lowest BCUT2D eigenvalue weighted by Gasteiger charge is -2.04. The van der Waals surface area contributed by atoms with Gasteiger partial charge in [-0.05, 0) is 29.8 Å². The van der Waals surface area contributed by atoms with Crippen LogP contribution in [0.3, 0.4) is 0 Å². The zero-order valence-corrected chi connectivity index (χ0v) is 12.3. The second-order valence-corrected chi connectivity index (χ2v) is 4.98. The molecule has 0 bridgehead atoms. The molecule has 0 aliphatic carbocycles. The Hall–Kier alpha value is -2.37. The van der Waals surface area contributed by atoms with Crippen LogP contribution in [0, 0.1) is 0 Å². The summed E-state index contributed by atoms with van der Waals surface area (Å²) in [4.78, 5) is 0. The number of nitrogens with zero attached hydrogens (tertiary/aromatic N) is 2. The molecule has 0 unspecified atom stereocenters. The Morgan fingerprint density at radius 2 is 1.95 bits per heavy atom. The van der Waals surface area contributed by atoms with Gasteiger partial charge >= 0.3 is 0 Å². The van der Waals surface area contributed by atoms with Crippen LogP contribution in [0.2, 0.25) is 5.02 Å². The minimum absolute atomic E-state index is 0.0333. The molecular formula is C16H13ClN2O3. The van der Waals surface area contributed by atoms with E-state index in [2.05, 4.69) is 10.2 Å². The molecule has 5 nitrogen and oxygen atoms in total. The largest absolute Gasteiger partial charge is 0.484 e. The molecule has 0 amide bonds. The second-order valence-electron chi connectivity index (χ2n) is 4.57. The van der Waals surface area contributed by atoms with Gasteiger partial charge in [-0.15, -0.1) is 10.2 Å². The number of aliphatic hydroxyl groups is 1. The average Bonchev–Trinajstić information content (AvgIpc) is 3.02. The predicted molar refractivity (Wildman–Crippen MR) is 81.4 cm³/mol. The lowest BCUT2D eigenvalue weighted by molar-refractivity contribution is 0.260. The molecule has 112 valence electrons. The molecular weight excluding hydrogens is 304 g/mol. The molecule has 0 aliphatic rings. The Balaban J connectivity index is 1.71. The first-order valence-corrected chi connectivity index (χ1v) is 7.04. The van der Waals surface area contributed by atoms with Gasteiger partial charge in [-0.25, -0.2) is 0 Å². The zero-order valence-electron chi connectivity index (χ0n) is 11.6. The number of rotatable bonds is 5. The Morgan fingerprint density at radius 3 is 2.77 bits per heavy atom. The van der Waals surface area contributed by atoms with Crippen LogP contribution in [0.4, 0.5) is 0 Å². The van der Waals surface area contributed by atoms with E-state index in [9.17, 15) is 0 Å². The number of hydrogen-bond donors (Lipinski definition) is 1. The normalized spacial score (nSPS) is 10.6. The van der Waals surface area contributed by atoms with Gasteiger partial charge in [-0.3, -0.25) is 0 Å².